The fraction of sp³-hybridized carbons (Fsp3) is 0.286. The topological polar surface area (TPSA) is 51.8 Å². The van der Waals surface area contributed by atoms with E-state index in [0.29, 0.717) is 5.82 Å². The van der Waals surface area contributed by atoms with Gasteiger partial charge in [-0.25, -0.2) is 9.97 Å². The largest absolute Gasteiger partial charge is 0.383 e. The lowest BCUT2D eigenvalue weighted by Gasteiger charge is -2.11. The van der Waals surface area contributed by atoms with Crippen LogP contribution in [0.5, 0.6) is 0 Å². The molecule has 0 fully saturated rings. The summed E-state index contributed by atoms with van der Waals surface area (Å²) in [5.41, 5.74) is 8.91. The van der Waals surface area contributed by atoms with Gasteiger partial charge in [0.05, 0.1) is 5.69 Å². The van der Waals surface area contributed by atoms with Crippen molar-refractivity contribution in [2.24, 2.45) is 0 Å². The molecular weight excluding hydrogens is 210 g/mol. The van der Waals surface area contributed by atoms with Crippen LogP contribution in [-0.4, -0.2) is 9.97 Å². The standard InChI is InChI=1S/C14H17N3/c1-9(2)14-16-12(10(3)13(15)17-14)11-7-5-4-6-8-11/h4-9H,1-3H3,(H2,15,16,17). The van der Waals surface area contributed by atoms with E-state index in [4.69, 9.17) is 5.73 Å². The van der Waals surface area contributed by atoms with Crippen molar-refractivity contribution in [1.29, 1.82) is 0 Å². The molecule has 0 saturated heterocycles. The summed E-state index contributed by atoms with van der Waals surface area (Å²) in [6.07, 6.45) is 0. The maximum absolute atomic E-state index is 5.95. The Hall–Kier alpha value is -1.90. The molecule has 1 aromatic heterocycles. The average molecular weight is 227 g/mol. The number of nitrogens with zero attached hydrogens (tertiary/aromatic N) is 2. The number of nitrogens with two attached hydrogens (primary N) is 1. The van der Waals surface area contributed by atoms with Crippen molar-refractivity contribution in [1.82, 2.24) is 9.97 Å². The quantitative estimate of drug-likeness (QED) is 0.857. The lowest BCUT2D eigenvalue weighted by Crippen LogP contribution is -2.06. The molecule has 1 heterocycles. The fourth-order valence-corrected chi connectivity index (χ4v) is 1.69. The fourth-order valence-electron chi connectivity index (χ4n) is 1.69. The van der Waals surface area contributed by atoms with Crippen molar-refractivity contribution in [3.05, 3.63) is 41.7 Å². The lowest BCUT2D eigenvalue weighted by molar-refractivity contribution is 0.776. The number of aromatic nitrogens is 2. The molecule has 0 amide bonds. The van der Waals surface area contributed by atoms with Gasteiger partial charge in [0.15, 0.2) is 0 Å². The summed E-state index contributed by atoms with van der Waals surface area (Å²) in [4.78, 5) is 8.94. The van der Waals surface area contributed by atoms with Crippen molar-refractivity contribution in [2.45, 2.75) is 26.7 Å². The van der Waals surface area contributed by atoms with Crippen molar-refractivity contribution in [2.75, 3.05) is 5.73 Å². The Morgan fingerprint density at radius 1 is 1.06 bits per heavy atom. The Morgan fingerprint density at radius 3 is 2.29 bits per heavy atom. The van der Waals surface area contributed by atoms with Gasteiger partial charge >= 0.3 is 0 Å². The zero-order valence-electron chi connectivity index (χ0n) is 10.4. The summed E-state index contributed by atoms with van der Waals surface area (Å²) in [6, 6.07) is 10.1. The number of hydrogen-bond acceptors (Lipinski definition) is 3. The Labute approximate surface area is 102 Å². The Morgan fingerprint density at radius 2 is 1.71 bits per heavy atom. The molecule has 0 radical (unpaired) electrons. The highest BCUT2D eigenvalue weighted by Gasteiger charge is 2.12. The van der Waals surface area contributed by atoms with Gasteiger partial charge in [-0.1, -0.05) is 44.2 Å². The number of rotatable bonds is 2. The lowest BCUT2D eigenvalue weighted by atomic mass is 10.1. The van der Waals surface area contributed by atoms with Crippen LogP contribution in [0.1, 0.15) is 31.2 Å². The van der Waals surface area contributed by atoms with Gasteiger partial charge in [-0.15, -0.1) is 0 Å². The summed E-state index contributed by atoms with van der Waals surface area (Å²) in [7, 11) is 0. The first-order chi connectivity index (χ1) is 8.09. The Balaban J connectivity index is 2.61. The second kappa shape index (κ2) is 4.53. The smallest absolute Gasteiger partial charge is 0.133 e. The highest BCUT2D eigenvalue weighted by molar-refractivity contribution is 5.67. The number of anilines is 1. The molecule has 17 heavy (non-hydrogen) atoms. The first kappa shape index (κ1) is 11.6. The molecule has 0 atom stereocenters. The van der Waals surface area contributed by atoms with Gasteiger partial charge in [-0.2, -0.15) is 0 Å². The molecule has 0 saturated carbocycles. The van der Waals surface area contributed by atoms with Crippen LogP contribution in [0.4, 0.5) is 5.82 Å². The van der Waals surface area contributed by atoms with Crippen LogP contribution < -0.4 is 5.73 Å². The Bertz CT molecular complexity index is 518. The first-order valence-electron chi connectivity index (χ1n) is 5.79. The molecular formula is C14H17N3. The third-order valence-electron chi connectivity index (χ3n) is 2.76. The van der Waals surface area contributed by atoms with E-state index in [-0.39, 0.29) is 5.92 Å². The first-order valence-corrected chi connectivity index (χ1v) is 5.79. The summed E-state index contributed by atoms with van der Waals surface area (Å²) in [6.45, 7) is 6.10. The van der Waals surface area contributed by atoms with Gasteiger partial charge in [0.1, 0.15) is 11.6 Å². The highest BCUT2D eigenvalue weighted by atomic mass is 15.0. The van der Waals surface area contributed by atoms with E-state index in [0.717, 1.165) is 22.6 Å². The van der Waals surface area contributed by atoms with Crippen LogP contribution in [0.2, 0.25) is 0 Å². The van der Waals surface area contributed by atoms with Crippen LogP contribution in [-0.2, 0) is 0 Å². The van der Waals surface area contributed by atoms with E-state index < -0.39 is 0 Å². The molecule has 88 valence electrons. The van der Waals surface area contributed by atoms with Crippen molar-refractivity contribution in [3.63, 3.8) is 0 Å². The monoisotopic (exact) mass is 227 g/mol. The molecule has 0 bridgehead atoms. The number of benzene rings is 1. The van der Waals surface area contributed by atoms with Crippen molar-refractivity contribution in [3.8, 4) is 11.3 Å². The van der Waals surface area contributed by atoms with Gasteiger partial charge < -0.3 is 5.73 Å². The van der Waals surface area contributed by atoms with Gasteiger partial charge in [0.25, 0.3) is 0 Å². The normalized spacial score (nSPS) is 10.8. The zero-order chi connectivity index (χ0) is 12.4. The maximum atomic E-state index is 5.95. The second-order valence-electron chi connectivity index (χ2n) is 4.46. The van der Waals surface area contributed by atoms with Gasteiger partial charge in [-0.05, 0) is 6.92 Å². The van der Waals surface area contributed by atoms with Crippen LogP contribution in [0.25, 0.3) is 11.3 Å². The maximum Gasteiger partial charge on any atom is 0.133 e. The van der Waals surface area contributed by atoms with E-state index in [9.17, 15) is 0 Å². The molecule has 2 aromatic rings. The van der Waals surface area contributed by atoms with Crippen molar-refractivity contribution >= 4 is 5.82 Å². The van der Waals surface area contributed by atoms with Gasteiger partial charge in [-0.3, -0.25) is 0 Å². The summed E-state index contributed by atoms with van der Waals surface area (Å²) < 4.78 is 0. The van der Waals surface area contributed by atoms with E-state index in [1.807, 2.05) is 37.3 Å². The van der Waals surface area contributed by atoms with Gasteiger partial charge in [0, 0.05) is 17.0 Å². The summed E-state index contributed by atoms with van der Waals surface area (Å²) in [5, 5.41) is 0. The molecule has 0 aliphatic rings. The van der Waals surface area contributed by atoms with Gasteiger partial charge in [0.2, 0.25) is 0 Å². The SMILES string of the molecule is Cc1c(N)nc(C(C)C)nc1-c1ccccc1. The Kier molecular flexibility index (Phi) is 3.09. The highest BCUT2D eigenvalue weighted by Crippen LogP contribution is 2.25. The van der Waals surface area contributed by atoms with Crippen LogP contribution in [0, 0.1) is 6.92 Å². The minimum absolute atomic E-state index is 0.278. The molecule has 3 heteroatoms. The van der Waals surface area contributed by atoms with E-state index in [1.54, 1.807) is 0 Å². The van der Waals surface area contributed by atoms with E-state index in [1.165, 1.54) is 0 Å². The predicted molar refractivity (Wildman–Crippen MR) is 70.7 cm³/mol. The van der Waals surface area contributed by atoms with Crippen LogP contribution in [0.3, 0.4) is 0 Å². The van der Waals surface area contributed by atoms with Crippen LogP contribution in [0.15, 0.2) is 30.3 Å². The molecule has 3 nitrogen and oxygen atoms in total. The van der Waals surface area contributed by atoms with Crippen LogP contribution >= 0.6 is 0 Å². The molecule has 1 aromatic carbocycles. The summed E-state index contributed by atoms with van der Waals surface area (Å²) in [5.74, 6) is 1.65. The third kappa shape index (κ3) is 2.28. The number of hydrogen-bond donors (Lipinski definition) is 1. The van der Waals surface area contributed by atoms with E-state index >= 15 is 0 Å². The predicted octanol–water partition coefficient (Wildman–Crippen LogP) is 3.16. The van der Waals surface area contributed by atoms with E-state index in [2.05, 4.69) is 23.8 Å². The third-order valence-corrected chi connectivity index (χ3v) is 2.76. The van der Waals surface area contributed by atoms with Crippen molar-refractivity contribution < 1.29 is 0 Å². The minimum Gasteiger partial charge on any atom is -0.383 e. The summed E-state index contributed by atoms with van der Waals surface area (Å²) >= 11 is 0. The molecule has 2 N–H and O–H groups in total. The molecule has 0 unspecified atom stereocenters. The minimum atomic E-state index is 0.278. The molecule has 2 rings (SSSR count). The number of nitrogen functional groups attached to an aromatic ring is 1. The zero-order valence-corrected chi connectivity index (χ0v) is 10.4. The molecule has 0 aliphatic carbocycles. The molecule has 0 spiro atoms. The second-order valence-corrected chi connectivity index (χ2v) is 4.46. The molecule has 0 aliphatic heterocycles. The average Bonchev–Trinajstić information content (AvgIpc) is 2.33.